The fraction of sp³-hybridized carbons (Fsp3) is 0.333. The molecule has 0 unspecified atom stereocenters. The molecule has 3 rings (SSSR count). The number of rotatable bonds is 6. The fourth-order valence-electron chi connectivity index (χ4n) is 2.84. The summed E-state index contributed by atoms with van der Waals surface area (Å²) in [7, 11) is -1.94. The number of hydrogen-bond donors (Lipinski definition) is 1. The van der Waals surface area contributed by atoms with Crippen LogP contribution in [-0.4, -0.2) is 22.1 Å². The number of methoxy groups -OCH3 is 1. The second kappa shape index (κ2) is 5.98. The number of benzene rings is 2. The number of ether oxygens (including phenoxy) is 1. The Kier molecular flexibility index (Phi) is 4.17. The summed E-state index contributed by atoms with van der Waals surface area (Å²) < 4.78 is 33.0. The Hall–Kier alpha value is -1.85. The smallest absolute Gasteiger partial charge is 0.240 e. The van der Waals surface area contributed by atoms with E-state index in [2.05, 4.69) is 16.9 Å². The molecule has 5 heteroatoms. The maximum atomic E-state index is 12.5. The van der Waals surface area contributed by atoms with Crippen LogP contribution >= 0.6 is 0 Å². The van der Waals surface area contributed by atoms with Crippen LogP contribution < -0.4 is 9.46 Å². The van der Waals surface area contributed by atoms with Crippen molar-refractivity contribution < 1.29 is 13.2 Å². The van der Waals surface area contributed by atoms with Gasteiger partial charge in [0.1, 0.15) is 5.75 Å². The highest BCUT2D eigenvalue weighted by atomic mass is 32.2. The molecule has 0 atom stereocenters. The van der Waals surface area contributed by atoms with E-state index in [1.165, 1.54) is 5.56 Å². The summed E-state index contributed by atoms with van der Waals surface area (Å²) in [5, 5.41) is 0. The highest BCUT2D eigenvalue weighted by molar-refractivity contribution is 7.89. The van der Waals surface area contributed by atoms with Crippen LogP contribution in [0.15, 0.2) is 53.4 Å². The summed E-state index contributed by atoms with van der Waals surface area (Å²) >= 11 is 0. The largest absolute Gasteiger partial charge is 0.496 e. The van der Waals surface area contributed by atoms with Crippen LogP contribution in [0, 0.1) is 6.92 Å². The minimum atomic E-state index is -3.51. The summed E-state index contributed by atoms with van der Waals surface area (Å²) in [6.45, 7) is 2.27. The van der Waals surface area contributed by atoms with Crippen LogP contribution in [0.2, 0.25) is 0 Å². The Bertz CT molecular complexity index is 796. The molecule has 1 N–H and O–H groups in total. The monoisotopic (exact) mass is 331 g/mol. The van der Waals surface area contributed by atoms with Crippen molar-refractivity contribution in [1.82, 2.24) is 4.72 Å². The Morgan fingerprint density at radius 2 is 1.83 bits per heavy atom. The molecule has 0 aromatic heterocycles. The van der Waals surface area contributed by atoms with E-state index in [1.54, 1.807) is 25.3 Å². The molecule has 0 spiro atoms. The lowest BCUT2D eigenvalue weighted by molar-refractivity contribution is 0.411. The molecule has 1 aliphatic rings. The van der Waals surface area contributed by atoms with E-state index in [9.17, 15) is 8.42 Å². The van der Waals surface area contributed by atoms with Gasteiger partial charge in [0, 0.05) is 12.0 Å². The predicted octanol–water partition coefficient (Wildman–Crippen LogP) is 3.01. The predicted molar refractivity (Wildman–Crippen MR) is 90.3 cm³/mol. The summed E-state index contributed by atoms with van der Waals surface area (Å²) in [6.07, 6.45) is 2.03. The van der Waals surface area contributed by atoms with Crippen LogP contribution in [0.5, 0.6) is 5.75 Å². The van der Waals surface area contributed by atoms with Gasteiger partial charge in [-0.25, -0.2) is 13.1 Å². The van der Waals surface area contributed by atoms with Gasteiger partial charge >= 0.3 is 0 Å². The Balaban J connectivity index is 1.76. The van der Waals surface area contributed by atoms with E-state index in [0.717, 1.165) is 18.4 Å². The van der Waals surface area contributed by atoms with Gasteiger partial charge in [-0.2, -0.15) is 0 Å². The number of nitrogens with one attached hydrogen (secondary N) is 1. The van der Waals surface area contributed by atoms with Crippen LogP contribution in [0.25, 0.3) is 0 Å². The molecule has 1 aliphatic carbocycles. The molecule has 1 fully saturated rings. The third-order valence-corrected chi connectivity index (χ3v) is 5.92. The Morgan fingerprint density at radius 1 is 1.13 bits per heavy atom. The van der Waals surface area contributed by atoms with Crippen molar-refractivity contribution in [3.63, 3.8) is 0 Å². The zero-order chi connectivity index (χ0) is 16.5. The number of sulfonamides is 1. The van der Waals surface area contributed by atoms with E-state index in [0.29, 0.717) is 12.3 Å². The van der Waals surface area contributed by atoms with Crippen molar-refractivity contribution in [2.75, 3.05) is 13.7 Å². The summed E-state index contributed by atoms with van der Waals surface area (Å²) in [6, 6.07) is 15.0. The molecular weight excluding hydrogens is 310 g/mol. The van der Waals surface area contributed by atoms with Gasteiger partial charge in [-0.05, 0) is 49.1 Å². The molecule has 23 heavy (non-hydrogen) atoms. The van der Waals surface area contributed by atoms with Crippen molar-refractivity contribution in [2.24, 2.45) is 0 Å². The molecule has 0 amide bonds. The lowest BCUT2D eigenvalue weighted by Crippen LogP contribution is -2.32. The van der Waals surface area contributed by atoms with Gasteiger partial charge in [0.05, 0.1) is 12.0 Å². The Morgan fingerprint density at radius 3 is 2.39 bits per heavy atom. The first-order valence-electron chi connectivity index (χ1n) is 7.67. The van der Waals surface area contributed by atoms with Gasteiger partial charge in [-0.3, -0.25) is 0 Å². The molecule has 2 aromatic rings. The first-order chi connectivity index (χ1) is 11.0. The summed E-state index contributed by atoms with van der Waals surface area (Å²) in [4.78, 5) is 0.277. The molecular formula is C18H21NO3S. The van der Waals surface area contributed by atoms with Crippen LogP contribution in [-0.2, 0) is 15.4 Å². The maximum absolute atomic E-state index is 12.5. The molecule has 0 bridgehead atoms. The quantitative estimate of drug-likeness (QED) is 0.885. The average molecular weight is 331 g/mol. The van der Waals surface area contributed by atoms with Crippen molar-refractivity contribution in [1.29, 1.82) is 0 Å². The Labute approximate surface area is 137 Å². The molecule has 4 nitrogen and oxygen atoms in total. The molecule has 0 heterocycles. The van der Waals surface area contributed by atoms with E-state index in [-0.39, 0.29) is 10.3 Å². The fourth-order valence-corrected chi connectivity index (χ4v) is 4.06. The van der Waals surface area contributed by atoms with Crippen molar-refractivity contribution in [3.05, 3.63) is 59.7 Å². The van der Waals surface area contributed by atoms with E-state index in [4.69, 9.17) is 4.74 Å². The molecule has 0 aliphatic heterocycles. The van der Waals surface area contributed by atoms with Gasteiger partial charge in [-0.1, -0.05) is 30.3 Å². The number of aryl methyl sites for hydroxylation is 1. The standard InChI is InChI=1S/C18H21NO3S/c1-14-12-16(8-9-17(14)22-2)23(20,21)19-13-18(10-11-18)15-6-4-3-5-7-15/h3-9,12,19H,10-11,13H2,1-2H3. The normalized spacial score (nSPS) is 16.1. The van der Waals surface area contributed by atoms with Gasteiger partial charge in [0.25, 0.3) is 0 Å². The first kappa shape index (κ1) is 16.0. The van der Waals surface area contributed by atoms with Gasteiger partial charge < -0.3 is 4.74 Å². The van der Waals surface area contributed by atoms with Crippen molar-refractivity contribution in [3.8, 4) is 5.75 Å². The SMILES string of the molecule is COc1ccc(S(=O)(=O)NCC2(c3ccccc3)CC2)cc1C. The lowest BCUT2D eigenvalue weighted by Gasteiger charge is -2.17. The van der Waals surface area contributed by atoms with Gasteiger partial charge in [-0.15, -0.1) is 0 Å². The van der Waals surface area contributed by atoms with Gasteiger partial charge in [0.2, 0.25) is 10.0 Å². The molecule has 2 aromatic carbocycles. The van der Waals surface area contributed by atoms with Gasteiger partial charge in [0.15, 0.2) is 0 Å². The van der Waals surface area contributed by atoms with Crippen LogP contribution in [0.1, 0.15) is 24.0 Å². The van der Waals surface area contributed by atoms with E-state index in [1.807, 2.05) is 25.1 Å². The second-order valence-electron chi connectivity index (χ2n) is 6.10. The molecule has 122 valence electrons. The summed E-state index contributed by atoms with van der Waals surface area (Å²) in [5.74, 6) is 0.687. The molecule has 1 saturated carbocycles. The minimum Gasteiger partial charge on any atom is -0.496 e. The third kappa shape index (κ3) is 3.26. The lowest BCUT2D eigenvalue weighted by atomic mass is 9.96. The second-order valence-corrected chi connectivity index (χ2v) is 7.87. The van der Waals surface area contributed by atoms with Crippen molar-refractivity contribution >= 4 is 10.0 Å². The minimum absolute atomic E-state index is 0.0458. The van der Waals surface area contributed by atoms with E-state index < -0.39 is 10.0 Å². The van der Waals surface area contributed by atoms with E-state index >= 15 is 0 Å². The number of hydrogen-bond acceptors (Lipinski definition) is 3. The highest BCUT2D eigenvalue weighted by Crippen LogP contribution is 2.47. The van der Waals surface area contributed by atoms with Crippen molar-refractivity contribution in [2.45, 2.75) is 30.1 Å². The van der Waals surface area contributed by atoms with Crippen LogP contribution in [0.4, 0.5) is 0 Å². The maximum Gasteiger partial charge on any atom is 0.240 e. The summed E-state index contributed by atoms with van der Waals surface area (Å²) in [5.41, 5.74) is 1.96. The molecule has 0 saturated heterocycles. The third-order valence-electron chi connectivity index (χ3n) is 4.52. The molecule has 0 radical (unpaired) electrons. The topological polar surface area (TPSA) is 55.4 Å². The van der Waals surface area contributed by atoms with Crippen LogP contribution in [0.3, 0.4) is 0 Å². The highest BCUT2D eigenvalue weighted by Gasteiger charge is 2.44. The zero-order valence-electron chi connectivity index (χ0n) is 13.4. The first-order valence-corrected chi connectivity index (χ1v) is 9.15. The zero-order valence-corrected chi connectivity index (χ0v) is 14.2. The average Bonchev–Trinajstić information content (AvgIpc) is 3.35.